The van der Waals surface area contributed by atoms with Gasteiger partial charge in [0.15, 0.2) is 5.78 Å². The predicted octanol–water partition coefficient (Wildman–Crippen LogP) is 4.70. The van der Waals surface area contributed by atoms with Crippen molar-refractivity contribution in [2.24, 2.45) is 5.92 Å². The second-order valence-electron chi connectivity index (χ2n) is 8.35. The number of benzene rings is 3. The highest BCUT2D eigenvalue weighted by atomic mass is 79.9. The number of Topliss-reactive ketones (excluding diaryl/α,β-unsaturated/α-hetero) is 1. The minimum absolute atomic E-state index is 0.0926. The van der Waals surface area contributed by atoms with Crippen LogP contribution in [-0.2, 0) is 19.1 Å². The Morgan fingerprint density at radius 2 is 1.23 bits per heavy atom. The van der Waals surface area contributed by atoms with Crippen LogP contribution in [0, 0.1) is 5.92 Å². The summed E-state index contributed by atoms with van der Waals surface area (Å²) < 4.78 is 3.81. The molecule has 0 aliphatic heterocycles. The molecule has 0 bridgehead atoms. The van der Waals surface area contributed by atoms with Crippen molar-refractivity contribution in [2.45, 2.75) is 30.8 Å². The normalized spacial score (nSPS) is 13.9. The van der Waals surface area contributed by atoms with E-state index in [1.165, 1.54) is 0 Å². The van der Waals surface area contributed by atoms with Crippen molar-refractivity contribution < 1.29 is 24.2 Å². The van der Waals surface area contributed by atoms with Crippen molar-refractivity contribution >= 4 is 56.8 Å². The molecule has 0 aliphatic carbocycles. The monoisotopic (exact) mass is 555 g/mol. The van der Waals surface area contributed by atoms with Gasteiger partial charge in [0.25, 0.3) is 4.07 Å². The minimum Gasteiger partial charge on any atom is -0.481 e. The van der Waals surface area contributed by atoms with Gasteiger partial charge in [-0.1, -0.05) is 61.5 Å². The molecule has 1 N–H and O–H groups in total. The van der Waals surface area contributed by atoms with E-state index in [4.69, 9.17) is 4.74 Å². The smallest absolute Gasteiger partial charge is 0.370 e. The predicted molar refractivity (Wildman–Crippen MR) is 144 cm³/mol. The molecular formula is C28H29BrO5P+. The average Bonchev–Trinajstić information content (AvgIpc) is 2.86. The van der Waals surface area contributed by atoms with E-state index in [-0.39, 0.29) is 19.4 Å². The van der Waals surface area contributed by atoms with Crippen molar-refractivity contribution in [3.8, 4) is 0 Å². The van der Waals surface area contributed by atoms with Gasteiger partial charge in [-0.25, -0.2) is 4.79 Å². The van der Waals surface area contributed by atoms with Crippen molar-refractivity contribution in [1.29, 1.82) is 0 Å². The molecule has 0 spiro atoms. The van der Waals surface area contributed by atoms with Crippen LogP contribution in [0.1, 0.15) is 26.7 Å². The van der Waals surface area contributed by atoms with E-state index in [9.17, 15) is 19.5 Å². The van der Waals surface area contributed by atoms with Gasteiger partial charge in [0.1, 0.15) is 23.2 Å². The molecule has 0 amide bonds. The number of alkyl halides is 1. The van der Waals surface area contributed by atoms with E-state index in [0.29, 0.717) is 0 Å². The molecular weight excluding hydrogens is 527 g/mol. The molecule has 5 nitrogen and oxygen atoms in total. The summed E-state index contributed by atoms with van der Waals surface area (Å²) in [4.78, 5) is 39.5. The molecule has 0 fully saturated rings. The van der Waals surface area contributed by atoms with Gasteiger partial charge in [-0.15, -0.1) is 0 Å². The number of carboxylic acid groups (broad SMARTS) is 1. The Morgan fingerprint density at radius 3 is 1.57 bits per heavy atom. The average molecular weight is 556 g/mol. The summed E-state index contributed by atoms with van der Waals surface area (Å²) in [6.07, 6.45) is -0.268. The van der Waals surface area contributed by atoms with Crippen LogP contribution in [0.25, 0.3) is 0 Å². The van der Waals surface area contributed by atoms with Gasteiger partial charge in [0.05, 0.1) is 6.61 Å². The first-order chi connectivity index (χ1) is 16.8. The van der Waals surface area contributed by atoms with Gasteiger partial charge in [0.2, 0.25) is 0 Å². The minimum atomic E-state index is -3.06. The number of carboxylic acids is 1. The number of ether oxygens (including phenoxy) is 1. The van der Waals surface area contributed by atoms with Crippen LogP contribution in [0.15, 0.2) is 91.0 Å². The lowest BCUT2D eigenvalue weighted by molar-refractivity contribution is -0.146. The lowest BCUT2D eigenvalue weighted by Crippen LogP contribution is -2.54. The molecule has 7 heteroatoms. The van der Waals surface area contributed by atoms with Crippen LogP contribution >= 0.6 is 23.2 Å². The fraction of sp³-hybridized carbons (Fsp3) is 0.250. The largest absolute Gasteiger partial charge is 0.481 e. The van der Waals surface area contributed by atoms with Gasteiger partial charge < -0.3 is 9.84 Å². The Bertz CT molecular complexity index is 1060. The van der Waals surface area contributed by atoms with Gasteiger partial charge in [-0.3, -0.25) is 9.59 Å². The summed E-state index contributed by atoms with van der Waals surface area (Å²) in [5, 5.41) is 11.8. The standard InChI is InChI=1S/C28H28BrO5P/c1-3-34-27(33)28(29,25(30)19-21(2)20-26(31)32)35(22-13-7-4-8-14-22,23-15-9-5-10-16-23)24-17-11-6-12-18-24/h4-18,21H,3,19-20H2,1-2H3/p+1. The summed E-state index contributed by atoms with van der Waals surface area (Å²) in [5.74, 6) is -2.51. The van der Waals surface area contributed by atoms with Crippen molar-refractivity contribution in [3.63, 3.8) is 0 Å². The van der Waals surface area contributed by atoms with Crippen LogP contribution in [0.3, 0.4) is 0 Å². The Kier molecular flexibility index (Phi) is 8.98. The summed E-state index contributed by atoms with van der Waals surface area (Å²) in [6.45, 7) is 3.51. The third kappa shape index (κ3) is 5.24. The first kappa shape index (κ1) is 26.8. The molecule has 0 saturated carbocycles. The van der Waals surface area contributed by atoms with Crippen LogP contribution < -0.4 is 15.9 Å². The number of halogens is 1. The Morgan fingerprint density at radius 1 is 0.829 bits per heavy atom. The van der Waals surface area contributed by atoms with E-state index in [0.717, 1.165) is 15.9 Å². The molecule has 2 atom stereocenters. The highest BCUT2D eigenvalue weighted by Gasteiger charge is 2.71. The summed E-state index contributed by atoms with van der Waals surface area (Å²) >= 11 is 3.72. The Balaban J connectivity index is 2.42. The van der Waals surface area contributed by atoms with E-state index in [1.807, 2.05) is 91.0 Å². The zero-order chi connectivity index (χ0) is 25.5. The van der Waals surface area contributed by atoms with Crippen LogP contribution in [0.2, 0.25) is 0 Å². The maximum absolute atomic E-state index is 14.2. The lowest BCUT2D eigenvalue weighted by Gasteiger charge is -2.38. The number of hydrogen-bond donors (Lipinski definition) is 1. The number of carbonyl (C=O) groups excluding carboxylic acids is 2. The second kappa shape index (κ2) is 11.7. The van der Waals surface area contributed by atoms with Gasteiger partial charge >= 0.3 is 11.9 Å². The zero-order valence-electron chi connectivity index (χ0n) is 19.8. The summed E-state index contributed by atoms with van der Waals surface area (Å²) in [7, 11) is -3.06. The number of carbonyl (C=O) groups is 3. The summed E-state index contributed by atoms with van der Waals surface area (Å²) in [5.41, 5.74) is 0. The number of esters is 1. The Labute approximate surface area is 215 Å². The first-order valence-corrected chi connectivity index (χ1v) is 14.0. The molecule has 35 heavy (non-hydrogen) atoms. The molecule has 0 heterocycles. The maximum atomic E-state index is 14.2. The van der Waals surface area contributed by atoms with E-state index < -0.39 is 35.0 Å². The van der Waals surface area contributed by atoms with Crippen molar-refractivity contribution in [2.75, 3.05) is 6.61 Å². The van der Waals surface area contributed by atoms with Crippen LogP contribution in [-0.4, -0.2) is 33.5 Å². The van der Waals surface area contributed by atoms with E-state index >= 15 is 0 Å². The molecule has 0 aliphatic rings. The highest BCUT2D eigenvalue weighted by molar-refractivity contribution is 9.12. The van der Waals surface area contributed by atoms with Gasteiger partial charge in [-0.05, 0) is 65.2 Å². The molecule has 182 valence electrons. The second-order valence-corrected chi connectivity index (χ2v) is 13.7. The van der Waals surface area contributed by atoms with Crippen molar-refractivity contribution in [1.82, 2.24) is 0 Å². The van der Waals surface area contributed by atoms with Crippen molar-refractivity contribution in [3.05, 3.63) is 91.0 Å². The van der Waals surface area contributed by atoms with E-state index in [1.54, 1.807) is 13.8 Å². The number of aliphatic carboxylic acids is 1. The number of hydrogen-bond acceptors (Lipinski definition) is 4. The first-order valence-electron chi connectivity index (χ1n) is 11.5. The maximum Gasteiger partial charge on any atom is 0.370 e. The van der Waals surface area contributed by atoms with Gasteiger partial charge in [-0.2, -0.15) is 0 Å². The number of rotatable bonds is 11. The zero-order valence-corrected chi connectivity index (χ0v) is 22.2. The van der Waals surface area contributed by atoms with Gasteiger partial charge in [0, 0.05) is 12.8 Å². The number of ketones is 1. The fourth-order valence-electron chi connectivity index (χ4n) is 4.42. The van der Waals surface area contributed by atoms with Crippen LogP contribution in [0.5, 0.6) is 0 Å². The van der Waals surface area contributed by atoms with Crippen LogP contribution in [0.4, 0.5) is 0 Å². The SMILES string of the molecule is CCOC(=O)C(Br)(C(=O)CC(C)CC(=O)O)[P+](c1ccccc1)(c1ccccc1)c1ccccc1. The molecule has 0 saturated heterocycles. The molecule has 3 rings (SSSR count). The molecule has 3 aromatic rings. The molecule has 0 radical (unpaired) electrons. The quantitative estimate of drug-likeness (QED) is 0.160. The third-order valence-electron chi connectivity index (χ3n) is 5.87. The Hall–Kier alpha value is -2.82. The summed E-state index contributed by atoms with van der Waals surface area (Å²) in [6, 6.07) is 28.7. The highest BCUT2D eigenvalue weighted by Crippen LogP contribution is 2.69. The third-order valence-corrected chi connectivity index (χ3v) is 12.8. The fourth-order valence-corrected chi connectivity index (χ4v) is 11.2. The molecule has 0 aromatic heterocycles. The molecule has 3 aromatic carbocycles. The lowest BCUT2D eigenvalue weighted by atomic mass is 9.99. The van der Waals surface area contributed by atoms with E-state index in [2.05, 4.69) is 15.9 Å². The molecule has 2 unspecified atom stereocenters. The topological polar surface area (TPSA) is 80.7 Å².